The van der Waals surface area contributed by atoms with E-state index in [0.717, 1.165) is 0 Å². The van der Waals surface area contributed by atoms with Gasteiger partial charge in [0.25, 0.3) is 11.8 Å². The first-order valence-electron chi connectivity index (χ1n) is 9.14. The van der Waals surface area contributed by atoms with Crippen molar-refractivity contribution in [2.24, 2.45) is 0 Å². The highest BCUT2D eigenvalue weighted by atomic mass is 79.9. The molecule has 0 saturated carbocycles. The summed E-state index contributed by atoms with van der Waals surface area (Å²) >= 11 is 6.87. The minimum absolute atomic E-state index is 0.0397. The van der Waals surface area contributed by atoms with Gasteiger partial charge in [-0.25, -0.2) is 9.80 Å². The first-order valence-corrected chi connectivity index (χ1v) is 10.7. The average Bonchev–Trinajstić information content (AvgIpc) is 3.05. The van der Waals surface area contributed by atoms with Crippen LogP contribution >= 0.6 is 31.9 Å². The second-order valence-corrected chi connectivity index (χ2v) is 7.78. The number of hydrazine groups is 1. The van der Waals surface area contributed by atoms with Gasteiger partial charge in [-0.2, -0.15) is 0 Å². The van der Waals surface area contributed by atoms with Gasteiger partial charge in [-0.3, -0.25) is 15.0 Å². The number of para-hydroxylation sites is 1. The Balaban J connectivity index is 1.98. The van der Waals surface area contributed by atoms with Crippen molar-refractivity contribution >= 4 is 61.4 Å². The van der Waals surface area contributed by atoms with Gasteiger partial charge in [-0.05, 0) is 68.6 Å². The fourth-order valence-corrected chi connectivity index (χ4v) is 3.72. The Morgan fingerprint density at radius 1 is 1.13 bits per heavy atom. The van der Waals surface area contributed by atoms with E-state index in [-0.39, 0.29) is 17.9 Å². The number of rotatable bonds is 7. The second kappa shape index (κ2) is 9.97. The van der Waals surface area contributed by atoms with Crippen molar-refractivity contribution in [3.8, 4) is 11.5 Å². The van der Waals surface area contributed by atoms with Crippen LogP contribution in [0.1, 0.15) is 12.5 Å². The number of hydrogen-bond donors (Lipinski definition) is 1. The van der Waals surface area contributed by atoms with Crippen molar-refractivity contribution in [3.05, 3.63) is 56.5 Å². The fourth-order valence-electron chi connectivity index (χ4n) is 2.77. The van der Waals surface area contributed by atoms with E-state index in [1.807, 2.05) is 6.07 Å². The van der Waals surface area contributed by atoms with Crippen LogP contribution in [0.3, 0.4) is 0 Å². The molecule has 0 aliphatic carbocycles. The van der Waals surface area contributed by atoms with Crippen LogP contribution in [0.5, 0.6) is 11.5 Å². The SMILES string of the molecule is CCOc1cc(/C=C2/C(=O)NN(c3ccccc3)C2=O)c(Br)c(Br)c1OCC(=O)OC. The molecule has 3 rings (SSSR count). The third-order valence-corrected chi connectivity index (χ3v) is 6.37. The summed E-state index contributed by atoms with van der Waals surface area (Å²) in [5.74, 6) is -0.941. The Hall–Kier alpha value is -2.85. The number of nitrogens with one attached hydrogen (secondary N) is 1. The number of amides is 2. The molecule has 0 radical (unpaired) electrons. The highest BCUT2D eigenvalue weighted by Crippen LogP contribution is 2.43. The first kappa shape index (κ1) is 22.8. The van der Waals surface area contributed by atoms with Gasteiger partial charge in [0.05, 0.1) is 23.9 Å². The number of carbonyl (C=O) groups is 3. The van der Waals surface area contributed by atoms with Crippen LogP contribution in [0.25, 0.3) is 6.08 Å². The maximum Gasteiger partial charge on any atom is 0.343 e. The van der Waals surface area contributed by atoms with E-state index in [0.29, 0.717) is 32.6 Å². The molecule has 1 N–H and O–H groups in total. The number of carbonyl (C=O) groups excluding carboxylic acids is 3. The van der Waals surface area contributed by atoms with Crippen LogP contribution in [-0.2, 0) is 19.1 Å². The number of methoxy groups -OCH3 is 1. The highest BCUT2D eigenvalue weighted by Gasteiger charge is 2.34. The van der Waals surface area contributed by atoms with Crippen LogP contribution in [0.15, 0.2) is 50.9 Å². The summed E-state index contributed by atoms with van der Waals surface area (Å²) < 4.78 is 16.8. The van der Waals surface area contributed by atoms with E-state index < -0.39 is 17.8 Å². The summed E-state index contributed by atoms with van der Waals surface area (Å²) in [7, 11) is 1.26. The largest absolute Gasteiger partial charge is 0.490 e. The molecule has 1 heterocycles. The van der Waals surface area contributed by atoms with E-state index in [1.54, 1.807) is 37.3 Å². The van der Waals surface area contributed by atoms with Gasteiger partial charge in [-0.1, -0.05) is 18.2 Å². The first-order chi connectivity index (χ1) is 14.9. The third-order valence-electron chi connectivity index (χ3n) is 4.22. The number of benzene rings is 2. The zero-order chi connectivity index (χ0) is 22.5. The monoisotopic (exact) mass is 552 g/mol. The van der Waals surface area contributed by atoms with Crippen molar-refractivity contribution in [3.63, 3.8) is 0 Å². The van der Waals surface area contributed by atoms with Gasteiger partial charge < -0.3 is 14.2 Å². The van der Waals surface area contributed by atoms with Gasteiger partial charge in [0.2, 0.25) is 0 Å². The normalized spacial score (nSPS) is 14.6. The Bertz CT molecular complexity index is 1060. The average molecular weight is 554 g/mol. The van der Waals surface area contributed by atoms with Crippen molar-refractivity contribution in [1.29, 1.82) is 0 Å². The van der Waals surface area contributed by atoms with Gasteiger partial charge in [0.15, 0.2) is 18.1 Å². The minimum Gasteiger partial charge on any atom is -0.490 e. The fraction of sp³-hybridized carbons (Fsp3) is 0.190. The number of ether oxygens (including phenoxy) is 3. The molecule has 1 aliphatic heterocycles. The van der Waals surface area contributed by atoms with Crippen LogP contribution in [0.2, 0.25) is 0 Å². The number of hydrogen-bond acceptors (Lipinski definition) is 6. The molecule has 1 fully saturated rings. The molecule has 0 spiro atoms. The number of halogens is 2. The third kappa shape index (κ3) is 4.91. The lowest BCUT2D eigenvalue weighted by Crippen LogP contribution is -2.35. The topological polar surface area (TPSA) is 94.2 Å². The summed E-state index contributed by atoms with van der Waals surface area (Å²) in [5, 5.41) is 1.19. The number of esters is 1. The molecular weight excluding hydrogens is 536 g/mol. The summed E-state index contributed by atoms with van der Waals surface area (Å²) in [6.45, 7) is 1.82. The zero-order valence-corrected chi connectivity index (χ0v) is 19.8. The molecule has 1 aliphatic rings. The summed E-state index contributed by atoms with van der Waals surface area (Å²) in [4.78, 5) is 36.8. The molecule has 0 unspecified atom stereocenters. The molecule has 162 valence electrons. The molecule has 10 heteroatoms. The quantitative estimate of drug-likeness (QED) is 0.320. The molecule has 2 aromatic carbocycles. The van der Waals surface area contributed by atoms with Crippen LogP contribution in [0.4, 0.5) is 5.69 Å². The lowest BCUT2D eigenvalue weighted by Gasteiger charge is -2.16. The van der Waals surface area contributed by atoms with Crippen molar-refractivity contribution < 1.29 is 28.6 Å². The molecule has 8 nitrogen and oxygen atoms in total. The smallest absolute Gasteiger partial charge is 0.343 e. The molecule has 2 amide bonds. The Morgan fingerprint density at radius 3 is 2.48 bits per heavy atom. The molecule has 0 atom stereocenters. The number of nitrogens with zero attached hydrogens (tertiary/aromatic N) is 1. The van der Waals surface area contributed by atoms with Crippen LogP contribution < -0.4 is 19.9 Å². The second-order valence-electron chi connectivity index (χ2n) is 6.19. The van der Waals surface area contributed by atoms with E-state index in [1.165, 1.54) is 18.2 Å². The Kier molecular flexibility index (Phi) is 7.34. The van der Waals surface area contributed by atoms with E-state index >= 15 is 0 Å². The lowest BCUT2D eigenvalue weighted by molar-refractivity contribution is -0.143. The lowest BCUT2D eigenvalue weighted by atomic mass is 10.1. The van der Waals surface area contributed by atoms with Crippen molar-refractivity contribution in [2.45, 2.75) is 6.92 Å². The minimum atomic E-state index is -0.550. The van der Waals surface area contributed by atoms with Gasteiger partial charge in [-0.15, -0.1) is 0 Å². The van der Waals surface area contributed by atoms with Crippen LogP contribution in [0, 0.1) is 0 Å². The molecule has 0 bridgehead atoms. The van der Waals surface area contributed by atoms with Crippen LogP contribution in [-0.4, -0.2) is 38.1 Å². The molecule has 2 aromatic rings. The van der Waals surface area contributed by atoms with Gasteiger partial charge in [0, 0.05) is 4.47 Å². The van der Waals surface area contributed by atoms with Gasteiger partial charge >= 0.3 is 5.97 Å². The molecule has 1 saturated heterocycles. The maximum absolute atomic E-state index is 12.8. The number of anilines is 1. The van der Waals surface area contributed by atoms with Crippen molar-refractivity contribution in [1.82, 2.24) is 5.43 Å². The van der Waals surface area contributed by atoms with E-state index in [4.69, 9.17) is 9.47 Å². The standard InChI is InChI=1S/C21H18Br2N2O6/c1-3-30-15-10-12(17(22)18(23)19(15)31-11-16(26)29-2)9-14-20(27)24-25(21(14)28)13-7-5-4-6-8-13/h4-10H,3,11H2,1-2H3,(H,24,27)/b14-9-. The highest BCUT2D eigenvalue weighted by molar-refractivity contribution is 9.13. The molecular formula is C21H18Br2N2O6. The zero-order valence-electron chi connectivity index (χ0n) is 16.6. The van der Waals surface area contributed by atoms with E-state index in [9.17, 15) is 14.4 Å². The molecule has 0 aromatic heterocycles. The van der Waals surface area contributed by atoms with E-state index in [2.05, 4.69) is 42.0 Å². The molecule has 31 heavy (non-hydrogen) atoms. The predicted molar refractivity (Wildman–Crippen MR) is 121 cm³/mol. The summed E-state index contributed by atoms with van der Waals surface area (Å²) in [6, 6.07) is 10.4. The maximum atomic E-state index is 12.8. The Labute approximate surface area is 195 Å². The van der Waals surface area contributed by atoms with Crippen molar-refractivity contribution in [2.75, 3.05) is 25.3 Å². The Morgan fingerprint density at radius 2 is 1.84 bits per heavy atom. The van der Waals surface area contributed by atoms with Gasteiger partial charge in [0.1, 0.15) is 5.57 Å². The predicted octanol–water partition coefficient (Wildman–Crippen LogP) is 3.62. The summed E-state index contributed by atoms with van der Waals surface area (Å²) in [5.41, 5.74) is 3.57. The summed E-state index contributed by atoms with van der Waals surface area (Å²) in [6.07, 6.45) is 1.46.